The smallest absolute Gasteiger partial charge is 0.0233 e. The molecule has 92 valence electrons. The summed E-state index contributed by atoms with van der Waals surface area (Å²) in [4.78, 5) is 0. The van der Waals surface area contributed by atoms with E-state index in [0.717, 1.165) is 11.2 Å². The predicted molar refractivity (Wildman–Crippen MR) is 77.7 cm³/mol. The first-order valence-corrected chi connectivity index (χ1v) is 8.49. The van der Waals surface area contributed by atoms with Gasteiger partial charge in [-0.25, -0.2) is 0 Å². The summed E-state index contributed by atoms with van der Waals surface area (Å²) in [6, 6.07) is 0. The molecule has 0 radical (unpaired) electrons. The fraction of sp³-hybridized carbons (Fsp3) is 1.00. The lowest BCUT2D eigenvalue weighted by atomic mass is 9.92. The summed E-state index contributed by atoms with van der Waals surface area (Å²) in [6.07, 6.45) is 5.34. The molecule has 0 rings (SSSR count). The van der Waals surface area contributed by atoms with E-state index in [0.29, 0.717) is 4.75 Å². The molecule has 0 N–H and O–H groups in total. The highest BCUT2D eigenvalue weighted by molar-refractivity contribution is 8.77. The molecule has 0 saturated carbocycles. The van der Waals surface area contributed by atoms with E-state index >= 15 is 0 Å². The van der Waals surface area contributed by atoms with Crippen LogP contribution < -0.4 is 0 Å². The van der Waals surface area contributed by atoms with E-state index in [1.54, 1.807) is 0 Å². The van der Waals surface area contributed by atoms with Gasteiger partial charge in [-0.15, -0.1) is 0 Å². The third-order valence-electron chi connectivity index (χ3n) is 3.18. The molecule has 0 nitrogen and oxygen atoms in total. The molecule has 2 atom stereocenters. The zero-order chi connectivity index (χ0) is 11.9. The van der Waals surface area contributed by atoms with Crippen molar-refractivity contribution in [2.24, 2.45) is 5.92 Å². The van der Waals surface area contributed by atoms with Gasteiger partial charge in [-0.1, -0.05) is 62.1 Å². The van der Waals surface area contributed by atoms with Crippen LogP contribution >= 0.6 is 21.6 Å². The fourth-order valence-electron chi connectivity index (χ4n) is 1.21. The van der Waals surface area contributed by atoms with E-state index in [-0.39, 0.29) is 0 Å². The van der Waals surface area contributed by atoms with Crippen molar-refractivity contribution in [1.82, 2.24) is 0 Å². The Hall–Kier alpha value is 0.700. The fourth-order valence-corrected chi connectivity index (χ4v) is 4.18. The summed E-state index contributed by atoms with van der Waals surface area (Å²) >= 11 is 0. The van der Waals surface area contributed by atoms with E-state index in [2.05, 4.69) is 63.1 Å². The Bertz CT molecular complexity index is 155. The van der Waals surface area contributed by atoms with E-state index in [4.69, 9.17) is 0 Å². The molecule has 2 unspecified atom stereocenters. The van der Waals surface area contributed by atoms with Crippen molar-refractivity contribution < 1.29 is 0 Å². The Labute approximate surface area is 105 Å². The summed E-state index contributed by atoms with van der Waals surface area (Å²) in [5.41, 5.74) is 0. The van der Waals surface area contributed by atoms with Crippen molar-refractivity contribution in [2.75, 3.05) is 0 Å². The minimum atomic E-state index is 0.420. The lowest BCUT2D eigenvalue weighted by Gasteiger charge is -2.31. The number of rotatable bonds is 8. The van der Waals surface area contributed by atoms with Crippen LogP contribution in [0.25, 0.3) is 0 Å². The zero-order valence-electron chi connectivity index (χ0n) is 11.3. The van der Waals surface area contributed by atoms with Crippen molar-refractivity contribution in [3.63, 3.8) is 0 Å². The van der Waals surface area contributed by atoms with Gasteiger partial charge in [-0.05, 0) is 32.6 Å². The Morgan fingerprint density at radius 2 is 1.73 bits per heavy atom. The topological polar surface area (TPSA) is 0 Å². The third kappa shape index (κ3) is 6.78. The van der Waals surface area contributed by atoms with Crippen LogP contribution in [0.2, 0.25) is 0 Å². The van der Waals surface area contributed by atoms with Crippen LogP contribution in [0.4, 0.5) is 0 Å². The maximum absolute atomic E-state index is 2.40. The van der Waals surface area contributed by atoms with Gasteiger partial charge in [-0.3, -0.25) is 0 Å². The SMILES string of the molecule is CCCCC(C)C(C)(C)SSC(C)CC. The second kappa shape index (κ2) is 7.89. The number of hydrogen-bond acceptors (Lipinski definition) is 2. The molecule has 0 fully saturated rings. The van der Waals surface area contributed by atoms with Gasteiger partial charge in [-0.2, -0.15) is 0 Å². The van der Waals surface area contributed by atoms with Crippen LogP contribution in [-0.4, -0.2) is 10.00 Å². The molecule has 0 heterocycles. The first-order valence-electron chi connectivity index (χ1n) is 6.28. The van der Waals surface area contributed by atoms with Gasteiger partial charge in [0.15, 0.2) is 0 Å². The molecular formula is C13H28S2. The summed E-state index contributed by atoms with van der Waals surface area (Å²) in [7, 11) is 4.15. The van der Waals surface area contributed by atoms with Gasteiger partial charge in [0.1, 0.15) is 0 Å². The first-order chi connectivity index (χ1) is 6.94. The molecule has 0 saturated heterocycles. The quantitative estimate of drug-likeness (QED) is 0.500. The molecule has 0 aromatic carbocycles. The highest BCUT2D eigenvalue weighted by Gasteiger charge is 2.26. The van der Waals surface area contributed by atoms with Crippen molar-refractivity contribution in [2.45, 2.75) is 77.2 Å². The van der Waals surface area contributed by atoms with Crippen molar-refractivity contribution in [3.8, 4) is 0 Å². The van der Waals surface area contributed by atoms with Gasteiger partial charge in [0.25, 0.3) is 0 Å². The van der Waals surface area contributed by atoms with E-state index in [1.807, 2.05) is 0 Å². The highest BCUT2D eigenvalue weighted by atomic mass is 33.1. The molecule has 2 heteroatoms. The molecule has 0 aliphatic rings. The Balaban J connectivity index is 3.92. The number of unbranched alkanes of at least 4 members (excludes halogenated alkanes) is 1. The average molecular weight is 249 g/mol. The van der Waals surface area contributed by atoms with Crippen LogP contribution in [0, 0.1) is 5.92 Å². The van der Waals surface area contributed by atoms with E-state index < -0.39 is 0 Å². The molecule has 0 aliphatic heterocycles. The van der Waals surface area contributed by atoms with E-state index in [1.165, 1.54) is 25.7 Å². The molecule has 0 aromatic heterocycles. The second-order valence-electron chi connectivity index (χ2n) is 5.05. The molecule has 0 aliphatic carbocycles. The summed E-state index contributed by atoms with van der Waals surface area (Å²) in [5.74, 6) is 0.819. The zero-order valence-corrected chi connectivity index (χ0v) is 12.9. The maximum atomic E-state index is 2.40. The Kier molecular flexibility index (Phi) is 8.26. The average Bonchev–Trinajstić information content (AvgIpc) is 2.22. The standard InChI is InChI=1S/C13H28S2/c1-7-9-10-11(3)13(5,6)15-14-12(4)8-2/h11-12H,7-10H2,1-6H3. The lowest BCUT2D eigenvalue weighted by Crippen LogP contribution is -2.24. The van der Waals surface area contributed by atoms with Crippen molar-refractivity contribution in [3.05, 3.63) is 0 Å². The lowest BCUT2D eigenvalue weighted by molar-refractivity contribution is 0.418. The summed E-state index contributed by atoms with van der Waals surface area (Å²) in [5, 5.41) is 0.785. The molecule has 0 spiro atoms. The molecule has 15 heavy (non-hydrogen) atoms. The van der Waals surface area contributed by atoms with Gasteiger partial charge < -0.3 is 0 Å². The minimum Gasteiger partial charge on any atom is -0.0905 e. The van der Waals surface area contributed by atoms with Gasteiger partial charge in [0.2, 0.25) is 0 Å². The number of hydrogen-bond donors (Lipinski definition) is 0. The summed E-state index contributed by atoms with van der Waals surface area (Å²) in [6.45, 7) is 14.1. The van der Waals surface area contributed by atoms with Gasteiger partial charge >= 0.3 is 0 Å². The van der Waals surface area contributed by atoms with Gasteiger partial charge in [0.05, 0.1) is 0 Å². The van der Waals surface area contributed by atoms with Crippen LogP contribution in [0.3, 0.4) is 0 Å². The normalized spacial score (nSPS) is 16.4. The highest BCUT2D eigenvalue weighted by Crippen LogP contribution is 2.44. The molecule has 0 bridgehead atoms. The Morgan fingerprint density at radius 3 is 2.20 bits per heavy atom. The second-order valence-corrected chi connectivity index (χ2v) is 8.34. The van der Waals surface area contributed by atoms with Crippen molar-refractivity contribution >= 4 is 21.6 Å². The largest absolute Gasteiger partial charge is 0.0905 e. The van der Waals surface area contributed by atoms with Gasteiger partial charge in [0, 0.05) is 10.00 Å². The minimum absolute atomic E-state index is 0.420. The third-order valence-corrected chi connectivity index (χ3v) is 7.33. The van der Waals surface area contributed by atoms with E-state index in [9.17, 15) is 0 Å². The summed E-state index contributed by atoms with van der Waals surface area (Å²) < 4.78 is 0.420. The molecule has 0 aromatic rings. The predicted octanol–water partition coefficient (Wildman–Crippen LogP) is 5.77. The molecular weight excluding hydrogens is 220 g/mol. The van der Waals surface area contributed by atoms with Crippen LogP contribution in [0.15, 0.2) is 0 Å². The van der Waals surface area contributed by atoms with Crippen molar-refractivity contribution in [1.29, 1.82) is 0 Å². The Morgan fingerprint density at radius 1 is 1.13 bits per heavy atom. The first kappa shape index (κ1) is 15.7. The maximum Gasteiger partial charge on any atom is 0.0233 e. The molecule has 0 amide bonds. The van der Waals surface area contributed by atoms with Crippen LogP contribution in [-0.2, 0) is 0 Å². The van der Waals surface area contributed by atoms with Crippen LogP contribution in [0.1, 0.15) is 67.2 Å². The monoisotopic (exact) mass is 248 g/mol. The van der Waals surface area contributed by atoms with Crippen LogP contribution in [0.5, 0.6) is 0 Å².